The minimum absolute atomic E-state index is 0.282. The molecule has 23 heavy (non-hydrogen) atoms. The van der Waals surface area contributed by atoms with Crippen molar-refractivity contribution in [1.82, 2.24) is 0 Å². The number of carboxylic acid groups (broad SMARTS) is 2. The van der Waals surface area contributed by atoms with Crippen LogP contribution >= 0.6 is 0 Å². The molecular formula is C16H26N2O5. The van der Waals surface area contributed by atoms with Crippen molar-refractivity contribution in [2.45, 2.75) is 25.0 Å². The molecule has 2 unspecified atom stereocenters. The topological polar surface area (TPSA) is 124 Å². The van der Waals surface area contributed by atoms with E-state index < -0.39 is 24.1 Å². The highest BCUT2D eigenvalue weighted by Gasteiger charge is 2.14. The van der Waals surface area contributed by atoms with Crippen molar-refractivity contribution in [3.05, 3.63) is 35.9 Å². The van der Waals surface area contributed by atoms with E-state index in [0.29, 0.717) is 17.4 Å². The van der Waals surface area contributed by atoms with Crippen molar-refractivity contribution in [2.75, 3.05) is 27.7 Å². The highest BCUT2D eigenvalue weighted by molar-refractivity contribution is 5.73. The minimum Gasteiger partial charge on any atom is -0.550 e. The lowest BCUT2D eigenvalue weighted by atomic mass is 10.1. The van der Waals surface area contributed by atoms with E-state index in [1.54, 1.807) is 0 Å². The number of carbonyl (C=O) groups is 2. The van der Waals surface area contributed by atoms with Crippen LogP contribution in [-0.2, 0) is 16.0 Å². The summed E-state index contributed by atoms with van der Waals surface area (Å²) >= 11 is 0. The maximum absolute atomic E-state index is 10.4. The van der Waals surface area contributed by atoms with Crippen molar-refractivity contribution in [3.63, 3.8) is 0 Å². The molecule has 0 radical (unpaired) electrons. The number of aliphatic hydroxyl groups excluding tert-OH is 1. The first kappa shape index (κ1) is 21.0. The lowest BCUT2D eigenvalue weighted by Gasteiger charge is -2.26. The Morgan fingerprint density at radius 3 is 2.13 bits per heavy atom. The summed E-state index contributed by atoms with van der Waals surface area (Å²) in [5.41, 5.74) is 6.30. The van der Waals surface area contributed by atoms with Gasteiger partial charge in [-0.3, -0.25) is 4.79 Å². The van der Waals surface area contributed by atoms with Gasteiger partial charge in [-0.25, -0.2) is 0 Å². The third-order valence-electron chi connectivity index (χ3n) is 2.78. The standard InChI is InChI=1S/C9H11NO2.C7H15NO3/c10-8(9(11)12)6-7-4-2-1-3-5-7;1-8(2,3)5-6(9)4-7(10)11/h1-5,8H,6,10H2,(H,11,12);6,9H,4-5H2,1-3H3. The average molecular weight is 326 g/mol. The molecule has 1 aromatic carbocycles. The molecule has 0 aliphatic carbocycles. The quantitative estimate of drug-likeness (QED) is 0.543. The fraction of sp³-hybridized carbons (Fsp3) is 0.500. The van der Waals surface area contributed by atoms with Crippen LogP contribution in [0.2, 0.25) is 0 Å². The van der Waals surface area contributed by atoms with Crippen LogP contribution in [0.5, 0.6) is 0 Å². The molecule has 0 aliphatic rings. The highest BCUT2D eigenvalue weighted by Crippen LogP contribution is 2.01. The van der Waals surface area contributed by atoms with Gasteiger partial charge in [0.15, 0.2) is 0 Å². The first-order chi connectivity index (χ1) is 10.5. The number of aliphatic carboxylic acids is 2. The van der Waals surface area contributed by atoms with Gasteiger partial charge < -0.3 is 30.3 Å². The van der Waals surface area contributed by atoms with Gasteiger partial charge in [0.25, 0.3) is 0 Å². The number of rotatable bonds is 7. The lowest BCUT2D eigenvalue weighted by Crippen LogP contribution is -2.43. The molecule has 2 atom stereocenters. The van der Waals surface area contributed by atoms with E-state index in [9.17, 15) is 14.7 Å². The van der Waals surface area contributed by atoms with Gasteiger partial charge in [0.2, 0.25) is 0 Å². The van der Waals surface area contributed by atoms with E-state index in [1.807, 2.05) is 51.5 Å². The van der Waals surface area contributed by atoms with Crippen molar-refractivity contribution in [1.29, 1.82) is 0 Å². The van der Waals surface area contributed by atoms with E-state index in [2.05, 4.69) is 0 Å². The first-order valence-corrected chi connectivity index (χ1v) is 7.22. The van der Waals surface area contributed by atoms with Crippen LogP contribution in [0, 0.1) is 0 Å². The number of nitrogens with two attached hydrogens (primary N) is 1. The van der Waals surface area contributed by atoms with Crippen molar-refractivity contribution < 1.29 is 29.4 Å². The van der Waals surface area contributed by atoms with Gasteiger partial charge in [0.1, 0.15) is 18.7 Å². The molecule has 0 saturated heterocycles. The highest BCUT2D eigenvalue weighted by atomic mass is 16.4. The molecule has 130 valence electrons. The van der Waals surface area contributed by atoms with Crippen LogP contribution in [0.15, 0.2) is 30.3 Å². The summed E-state index contributed by atoms with van der Waals surface area (Å²) in [5, 5.41) is 27.7. The molecule has 4 N–H and O–H groups in total. The fourth-order valence-electron chi connectivity index (χ4n) is 1.84. The van der Waals surface area contributed by atoms with Gasteiger partial charge in [0, 0.05) is 12.4 Å². The van der Waals surface area contributed by atoms with Crippen LogP contribution in [0.3, 0.4) is 0 Å². The second kappa shape index (κ2) is 9.94. The molecule has 0 amide bonds. The zero-order chi connectivity index (χ0) is 18.0. The second-order valence-corrected chi connectivity index (χ2v) is 6.34. The monoisotopic (exact) mass is 326 g/mol. The van der Waals surface area contributed by atoms with Gasteiger partial charge in [-0.15, -0.1) is 0 Å². The third kappa shape index (κ3) is 12.3. The van der Waals surface area contributed by atoms with Crippen LogP contribution in [0.25, 0.3) is 0 Å². The summed E-state index contributed by atoms with van der Waals surface area (Å²) in [7, 11) is 5.66. The molecule has 0 aromatic heterocycles. The number of likely N-dealkylation sites (N-methyl/N-ethyl adjacent to an activating group) is 1. The molecule has 0 aliphatic heterocycles. The number of hydrogen-bond acceptors (Lipinski definition) is 5. The first-order valence-electron chi connectivity index (χ1n) is 7.22. The molecule has 7 nitrogen and oxygen atoms in total. The van der Waals surface area contributed by atoms with Gasteiger partial charge in [-0.1, -0.05) is 30.3 Å². The minimum atomic E-state index is -1.20. The van der Waals surface area contributed by atoms with Crippen LogP contribution in [0.1, 0.15) is 12.0 Å². The zero-order valence-corrected chi connectivity index (χ0v) is 13.8. The Bertz CT molecular complexity index is 485. The molecule has 7 heteroatoms. The molecule has 0 saturated carbocycles. The Labute approximate surface area is 136 Å². The molecule has 1 rings (SSSR count). The molecule has 0 fully saturated rings. The molecule has 1 aromatic rings. The number of aliphatic hydroxyl groups is 1. The van der Waals surface area contributed by atoms with Gasteiger partial charge in [0.05, 0.1) is 21.1 Å². The summed E-state index contributed by atoms with van der Waals surface area (Å²) in [6.07, 6.45) is -0.703. The molecule has 0 spiro atoms. The van der Waals surface area contributed by atoms with E-state index in [-0.39, 0.29) is 6.42 Å². The summed E-state index contributed by atoms with van der Waals surface area (Å²) in [6.45, 7) is 0.425. The second-order valence-electron chi connectivity index (χ2n) is 6.34. The van der Waals surface area contributed by atoms with Gasteiger partial charge in [-0.05, 0) is 12.0 Å². The van der Waals surface area contributed by atoms with Crippen LogP contribution < -0.4 is 10.8 Å². The van der Waals surface area contributed by atoms with Crippen LogP contribution in [0.4, 0.5) is 0 Å². The Morgan fingerprint density at radius 2 is 1.74 bits per heavy atom. The Kier molecular flexibility index (Phi) is 9.09. The number of benzene rings is 1. The normalized spacial score (nSPS) is 13.4. The zero-order valence-electron chi connectivity index (χ0n) is 13.8. The summed E-state index contributed by atoms with van der Waals surface area (Å²) in [6, 6.07) is 8.54. The summed E-state index contributed by atoms with van der Waals surface area (Å²) in [4.78, 5) is 20.4. The number of carbonyl (C=O) groups excluding carboxylic acids is 1. The number of quaternary nitrogens is 1. The largest absolute Gasteiger partial charge is 0.550 e. The molecular weight excluding hydrogens is 300 g/mol. The number of hydrogen-bond donors (Lipinski definition) is 3. The molecule has 0 heterocycles. The van der Waals surface area contributed by atoms with Crippen molar-refractivity contribution in [2.24, 2.45) is 5.73 Å². The maximum Gasteiger partial charge on any atom is 0.320 e. The van der Waals surface area contributed by atoms with Crippen molar-refractivity contribution in [3.8, 4) is 0 Å². The maximum atomic E-state index is 10.4. The van der Waals surface area contributed by atoms with E-state index >= 15 is 0 Å². The van der Waals surface area contributed by atoms with Gasteiger partial charge in [-0.2, -0.15) is 0 Å². The van der Waals surface area contributed by atoms with Crippen molar-refractivity contribution >= 4 is 11.9 Å². The predicted octanol–water partition coefficient (Wildman–Crippen LogP) is -1.17. The third-order valence-corrected chi connectivity index (χ3v) is 2.78. The summed E-state index contributed by atoms with van der Waals surface area (Å²) < 4.78 is 0.550. The Hall–Kier alpha value is -1.96. The number of nitrogens with zero attached hydrogens (tertiary/aromatic N) is 1. The van der Waals surface area contributed by atoms with E-state index in [4.69, 9.17) is 15.9 Å². The number of carboxylic acids is 2. The Morgan fingerprint density at radius 1 is 1.22 bits per heavy atom. The van der Waals surface area contributed by atoms with E-state index in [1.165, 1.54) is 0 Å². The van der Waals surface area contributed by atoms with E-state index in [0.717, 1.165) is 5.56 Å². The lowest BCUT2D eigenvalue weighted by molar-refractivity contribution is -0.873. The summed E-state index contributed by atoms with van der Waals surface area (Å²) in [5.74, 6) is -2.16. The smallest absolute Gasteiger partial charge is 0.320 e. The average Bonchev–Trinajstić information content (AvgIpc) is 2.37. The fourth-order valence-corrected chi connectivity index (χ4v) is 1.84. The molecule has 0 bridgehead atoms. The SMILES string of the molecule is C[N+](C)(C)CC(O)CC(=O)[O-].NC(Cc1ccccc1)C(=O)O. The predicted molar refractivity (Wildman–Crippen MR) is 84.3 cm³/mol. The Balaban J connectivity index is 0.000000423. The van der Waals surface area contributed by atoms with Crippen LogP contribution in [-0.4, -0.2) is 66.5 Å². The van der Waals surface area contributed by atoms with Gasteiger partial charge >= 0.3 is 5.97 Å².